The molecule has 2 aromatic rings. The number of benzene rings is 1. The van der Waals surface area contributed by atoms with Gasteiger partial charge in [0.05, 0.1) is 32.0 Å². The van der Waals surface area contributed by atoms with Crippen LogP contribution in [0.3, 0.4) is 0 Å². The lowest BCUT2D eigenvalue weighted by Gasteiger charge is -2.26. The van der Waals surface area contributed by atoms with Gasteiger partial charge in [0.25, 0.3) is 5.91 Å². The minimum Gasteiger partial charge on any atom is -0.497 e. The summed E-state index contributed by atoms with van der Waals surface area (Å²) in [5, 5.41) is 9.09. The summed E-state index contributed by atoms with van der Waals surface area (Å²) in [7, 11) is 1.57. The van der Waals surface area contributed by atoms with Crippen molar-refractivity contribution in [3.8, 4) is 5.75 Å². The van der Waals surface area contributed by atoms with Crippen molar-refractivity contribution < 1.29 is 33.2 Å². The van der Waals surface area contributed by atoms with Crippen molar-refractivity contribution in [2.24, 2.45) is 11.8 Å². The van der Waals surface area contributed by atoms with E-state index in [1.165, 1.54) is 12.3 Å². The average Bonchev–Trinajstić information content (AvgIpc) is 3.32. The maximum atomic E-state index is 13.7. The summed E-state index contributed by atoms with van der Waals surface area (Å²) in [5.74, 6) is -1.07. The summed E-state index contributed by atoms with van der Waals surface area (Å²) in [6.45, 7) is 3.66. The number of nitrogens with zero attached hydrogens (tertiary/aromatic N) is 1. The van der Waals surface area contributed by atoms with Gasteiger partial charge in [-0.15, -0.1) is 0 Å². The number of aromatic nitrogens is 1. The highest BCUT2D eigenvalue weighted by Crippen LogP contribution is 2.33. The first-order chi connectivity index (χ1) is 18.7. The Labute approximate surface area is 228 Å². The number of ether oxygens (including phenoxy) is 2. The number of Topliss-reactive ketones (excluding diaryl/α,β-unsaturated/α-hetero) is 2. The monoisotopic (exact) mass is 539 g/mol. The molecule has 0 radical (unpaired) electrons. The number of nitrogens with one attached hydrogen (secondary N) is 2. The summed E-state index contributed by atoms with van der Waals surface area (Å²) >= 11 is 0. The van der Waals surface area contributed by atoms with E-state index in [-0.39, 0.29) is 36.1 Å². The second-order valence-corrected chi connectivity index (χ2v) is 10.8. The van der Waals surface area contributed by atoms with Crippen LogP contribution in [0.2, 0.25) is 0 Å². The molecule has 39 heavy (non-hydrogen) atoms. The fourth-order valence-corrected chi connectivity index (χ4v) is 5.12. The fraction of sp³-hybridized carbons (Fsp3) is 0.552. The van der Waals surface area contributed by atoms with Gasteiger partial charge in [-0.05, 0) is 50.3 Å². The van der Waals surface area contributed by atoms with Crippen LogP contribution < -0.4 is 15.4 Å². The van der Waals surface area contributed by atoms with Gasteiger partial charge >= 0.3 is 0 Å². The Bertz CT molecular complexity index is 1150. The van der Waals surface area contributed by atoms with E-state index in [4.69, 9.17) is 14.0 Å². The van der Waals surface area contributed by atoms with Crippen LogP contribution in [0, 0.1) is 11.8 Å². The molecule has 4 rings (SSSR count). The van der Waals surface area contributed by atoms with E-state index in [1.54, 1.807) is 33.1 Å². The summed E-state index contributed by atoms with van der Waals surface area (Å²) in [4.78, 5) is 52.5. The topological polar surface area (TPSA) is 140 Å². The summed E-state index contributed by atoms with van der Waals surface area (Å²) in [6.07, 6.45) is 6.39. The van der Waals surface area contributed by atoms with Crippen molar-refractivity contribution >= 4 is 23.4 Å². The zero-order valence-electron chi connectivity index (χ0n) is 22.7. The smallest absolute Gasteiger partial charge is 0.290 e. The van der Waals surface area contributed by atoms with E-state index in [9.17, 15) is 19.2 Å². The normalized spacial score (nSPS) is 21.0. The van der Waals surface area contributed by atoms with Crippen molar-refractivity contribution in [3.05, 3.63) is 47.9 Å². The van der Waals surface area contributed by atoms with Gasteiger partial charge < -0.3 is 24.6 Å². The molecule has 2 fully saturated rings. The van der Waals surface area contributed by atoms with Crippen molar-refractivity contribution in [1.82, 2.24) is 15.8 Å². The molecule has 0 spiro atoms. The van der Waals surface area contributed by atoms with E-state index in [0.717, 1.165) is 31.2 Å². The zero-order valence-corrected chi connectivity index (χ0v) is 22.7. The molecule has 1 saturated heterocycles. The van der Waals surface area contributed by atoms with Crippen molar-refractivity contribution in [1.29, 1.82) is 0 Å². The van der Waals surface area contributed by atoms with Crippen LogP contribution >= 0.6 is 0 Å². The Morgan fingerprint density at radius 3 is 2.38 bits per heavy atom. The molecule has 1 saturated carbocycles. The third-order valence-electron chi connectivity index (χ3n) is 7.73. The maximum Gasteiger partial charge on any atom is 0.290 e. The van der Waals surface area contributed by atoms with Crippen LogP contribution in [0.1, 0.15) is 68.5 Å². The van der Waals surface area contributed by atoms with Crippen LogP contribution in [0.15, 0.2) is 41.1 Å². The molecule has 2 N–H and O–H groups in total. The molecule has 0 unspecified atom stereocenters. The van der Waals surface area contributed by atoms with Crippen molar-refractivity contribution in [3.63, 3.8) is 0 Å². The van der Waals surface area contributed by atoms with Crippen molar-refractivity contribution in [2.45, 2.75) is 76.5 Å². The molecule has 10 nitrogen and oxygen atoms in total. The maximum absolute atomic E-state index is 13.7. The van der Waals surface area contributed by atoms with Crippen LogP contribution in [0.4, 0.5) is 0 Å². The first-order valence-corrected chi connectivity index (χ1v) is 13.5. The van der Waals surface area contributed by atoms with Gasteiger partial charge in [-0.1, -0.05) is 43.0 Å². The summed E-state index contributed by atoms with van der Waals surface area (Å²) in [6, 6.07) is 7.15. The van der Waals surface area contributed by atoms with E-state index in [0.29, 0.717) is 24.7 Å². The minimum atomic E-state index is -0.864. The first-order valence-electron chi connectivity index (χ1n) is 13.5. The number of hydrogen-bond donors (Lipinski definition) is 2. The van der Waals surface area contributed by atoms with Gasteiger partial charge in [-0.25, -0.2) is 0 Å². The van der Waals surface area contributed by atoms with Crippen LogP contribution in [0.5, 0.6) is 5.75 Å². The van der Waals surface area contributed by atoms with Gasteiger partial charge in [0, 0.05) is 18.4 Å². The molecule has 2 heterocycles. The second kappa shape index (κ2) is 12.5. The highest BCUT2D eigenvalue weighted by atomic mass is 16.6. The number of epoxide rings is 1. The largest absolute Gasteiger partial charge is 0.497 e. The molecule has 2 amide bonds. The molecule has 1 aromatic carbocycles. The molecule has 1 aliphatic carbocycles. The van der Waals surface area contributed by atoms with E-state index < -0.39 is 29.5 Å². The molecule has 1 aliphatic heterocycles. The Morgan fingerprint density at radius 1 is 1.10 bits per heavy atom. The van der Waals surface area contributed by atoms with Crippen molar-refractivity contribution in [2.75, 3.05) is 13.7 Å². The number of ketones is 2. The molecular weight excluding hydrogens is 502 g/mol. The molecular formula is C29H37N3O7. The number of carbonyl (C=O) groups excluding carboxylic acids is 4. The summed E-state index contributed by atoms with van der Waals surface area (Å²) in [5.41, 5.74) is -0.0181. The molecule has 210 valence electrons. The van der Waals surface area contributed by atoms with Crippen LogP contribution in [-0.2, 0) is 25.5 Å². The van der Waals surface area contributed by atoms with Gasteiger partial charge in [-0.3, -0.25) is 19.2 Å². The lowest BCUT2D eigenvalue weighted by molar-refractivity contribution is -0.134. The molecule has 4 atom stereocenters. The number of carbonyl (C=O) groups is 4. The quantitative estimate of drug-likeness (QED) is 0.349. The first kappa shape index (κ1) is 28.5. The third kappa shape index (κ3) is 7.53. The SMILES string of the molecule is COc1ccc(C[C@H](CC(=O)[C@@H](C)NC(=O)c2ccno2)C(=O)N[C@@H](CC2CCCC2)C(=O)[C@@]2(C)CO2)cc1. The summed E-state index contributed by atoms with van der Waals surface area (Å²) < 4.78 is 15.5. The Morgan fingerprint density at radius 2 is 1.79 bits per heavy atom. The predicted octanol–water partition coefficient (Wildman–Crippen LogP) is 3.04. The Balaban J connectivity index is 1.48. The highest BCUT2D eigenvalue weighted by Gasteiger charge is 2.50. The van der Waals surface area contributed by atoms with Gasteiger partial charge in [0.1, 0.15) is 11.4 Å². The van der Waals surface area contributed by atoms with Gasteiger partial charge in [0.15, 0.2) is 11.6 Å². The Kier molecular flexibility index (Phi) is 9.16. The molecule has 0 bridgehead atoms. The highest BCUT2D eigenvalue weighted by molar-refractivity contribution is 5.99. The average molecular weight is 540 g/mol. The van der Waals surface area contributed by atoms with Gasteiger partial charge in [-0.2, -0.15) is 0 Å². The lowest BCUT2D eigenvalue weighted by atomic mass is 9.88. The van der Waals surface area contributed by atoms with E-state index in [1.807, 2.05) is 12.1 Å². The lowest BCUT2D eigenvalue weighted by Crippen LogP contribution is -2.49. The standard InChI is InChI=1S/C29H37N3O7/c1-18(31-28(36)25-12-13-30-39-25)24(33)16-21(14-20-8-10-22(37-3)11-9-20)27(35)32-23(15-19-6-4-5-7-19)26(34)29(2)17-38-29/h8-13,18-19,21,23H,4-7,14-17H2,1-3H3,(H,31,36)(H,32,35)/t18-,21-,23+,29-/m1/s1. The molecule has 2 aliphatic rings. The van der Waals surface area contributed by atoms with Crippen LogP contribution in [-0.4, -0.2) is 59.9 Å². The molecule has 1 aromatic heterocycles. The van der Waals surface area contributed by atoms with E-state index >= 15 is 0 Å². The van der Waals surface area contributed by atoms with E-state index in [2.05, 4.69) is 15.8 Å². The third-order valence-corrected chi connectivity index (χ3v) is 7.73. The van der Waals surface area contributed by atoms with Crippen LogP contribution in [0.25, 0.3) is 0 Å². The second-order valence-electron chi connectivity index (χ2n) is 10.8. The fourth-order valence-electron chi connectivity index (χ4n) is 5.12. The zero-order chi connectivity index (χ0) is 28.0. The number of rotatable bonds is 14. The Hall–Kier alpha value is -3.53. The predicted molar refractivity (Wildman–Crippen MR) is 141 cm³/mol. The number of hydrogen-bond acceptors (Lipinski definition) is 8. The van der Waals surface area contributed by atoms with Gasteiger partial charge in [0.2, 0.25) is 11.7 Å². The number of methoxy groups -OCH3 is 1. The number of amides is 2. The minimum absolute atomic E-state index is 0.00812. The molecule has 10 heteroatoms.